The number of carbonyl (C=O) groups excluding carboxylic acids is 1. The molecule has 16 heteroatoms. The van der Waals surface area contributed by atoms with Crippen LogP contribution in [0.3, 0.4) is 0 Å². The van der Waals surface area contributed by atoms with E-state index in [2.05, 4.69) is 20.5 Å². The van der Waals surface area contributed by atoms with Crippen LogP contribution in [0.4, 0.5) is 36.4 Å². The summed E-state index contributed by atoms with van der Waals surface area (Å²) < 4.78 is 126. The van der Waals surface area contributed by atoms with Gasteiger partial charge in [-0.3, -0.25) is 4.79 Å². The number of rotatable bonds is 6. The van der Waals surface area contributed by atoms with Crippen molar-refractivity contribution in [3.05, 3.63) is 64.2 Å². The van der Waals surface area contributed by atoms with E-state index in [9.17, 15) is 39.6 Å². The molecule has 41 heavy (non-hydrogen) atoms. The molecule has 0 saturated heterocycles. The monoisotopic (exact) mass is 606 g/mol. The standard InChI is InChI=1S/C25H21F7N4O4S/c1-12-17(20(37)34-14-6-4-7-15(10-14)41(3,38)39)22(36-35-19(12)24(27,28)29)40-21-13(2)18(26)16(11-33-21)23(8-5-9-23)25(30,31)32/h4,6-7,10-11H,5,8-9H2,1-3H3,(H,34,37). The van der Waals surface area contributed by atoms with E-state index in [1.165, 1.54) is 18.2 Å². The number of anilines is 1. The lowest BCUT2D eigenvalue weighted by atomic mass is 9.64. The zero-order valence-corrected chi connectivity index (χ0v) is 22.4. The molecule has 220 valence electrons. The molecule has 4 rings (SSSR count). The van der Waals surface area contributed by atoms with Gasteiger partial charge in [0, 0.05) is 29.3 Å². The second kappa shape index (κ2) is 10.2. The lowest BCUT2D eigenvalue weighted by Crippen LogP contribution is -2.48. The Labute approximate surface area is 228 Å². The van der Waals surface area contributed by atoms with Crippen LogP contribution < -0.4 is 10.1 Å². The maximum absolute atomic E-state index is 15.3. The van der Waals surface area contributed by atoms with Crippen molar-refractivity contribution in [1.29, 1.82) is 0 Å². The Hall–Kier alpha value is -3.82. The summed E-state index contributed by atoms with van der Waals surface area (Å²) >= 11 is 0. The number of nitrogens with one attached hydrogen (secondary N) is 1. The van der Waals surface area contributed by atoms with Crippen LogP contribution in [0.1, 0.15) is 52.0 Å². The third kappa shape index (κ3) is 5.56. The molecule has 0 unspecified atom stereocenters. The zero-order valence-electron chi connectivity index (χ0n) is 21.5. The van der Waals surface area contributed by atoms with Crippen molar-refractivity contribution < 1.29 is 48.7 Å². The van der Waals surface area contributed by atoms with Crippen LogP contribution in [0.15, 0.2) is 35.4 Å². The Morgan fingerprint density at radius 3 is 2.22 bits per heavy atom. The predicted octanol–water partition coefficient (Wildman–Crippen LogP) is 6.08. The average molecular weight is 607 g/mol. The molecule has 0 atom stereocenters. The largest absolute Gasteiger partial charge is 0.435 e. The number of nitrogens with zero attached hydrogens (tertiary/aromatic N) is 3. The molecule has 0 bridgehead atoms. The van der Waals surface area contributed by atoms with Crippen molar-refractivity contribution in [2.24, 2.45) is 0 Å². The summed E-state index contributed by atoms with van der Waals surface area (Å²) in [6.45, 7) is 1.96. The number of ether oxygens (including phenoxy) is 1. The van der Waals surface area contributed by atoms with Gasteiger partial charge in [-0.1, -0.05) is 12.5 Å². The highest BCUT2D eigenvalue weighted by atomic mass is 32.2. The van der Waals surface area contributed by atoms with Gasteiger partial charge in [-0.2, -0.15) is 26.3 Å². The van der Waals surface area contributed by atoms with E-state index >= 15 is 4.39 Å². The minimum absolute atomic E-state index is 0.101. The van der Waals surface area contributed by atoms with Crippen LogP contribution in [0, 0.1) is 19.7 Å². The summed E-state index contributed by atoms with van der Waals surface area (Å²) in [5, 5.41) is 8.68. The van der Waals surface area contributed by atoms with E-state index in [1.54, 1.807) is 0 Å². The number of benzene rings is 1. The zero-order chi connectivity index (χ0) is 30.5. The van der Waals surface area contributed by atoms with Gasteiger partial charge in [0.05, 0.1) is 10.3 Å². The molecule has 1 aliphatic rings. The molecule has 2 aromatic heterocycles. The number of halogens is 7. The highest BCUT2D eigenvalue weighted by Gasteiger charge is 2.60. The molecule has 1 aliphatic carbocycles. The van der Waals surface area contributed by atoms with Crippen LogP contribution in [0.5, 0.6) is 11.8 Å². The number of hydrogen-bond acceptors (Lipinski definition) is 7. The van der Waals surface area contributed by atoms with Gasteiger partial charge < -0.3 is 10.1 Å². The van der Waals surface area contributed by atoms with E-state index in [1.807, 2.05) is 0 Å². The fraction of sp³-hybridized carbons (Fsp3) is 0.360. The number of sulfone groups is 1. The average Bonchev–Trinajstić information content (AvgIpc) is 2.80. The number of alkyl halides is 6. The maximum atomic E-state index is 15.3. The molecule has 1 saturated carbocycles. The van der Waals surface area contributed by atoms with Gasteiger partial charge in [0.2, 0.25) is 5.88 Å². The molecule has 0 aliphatic heterocycles. The topological polar surface area (TPSA) is 111 Å². The predicted molar refractivity (Wildman–Crippen MR) is 130 cm³/mol. The molecule has 1 amide bonds. The summed E-state index contributed by atoms with van der Waals surface area (Å²) in [6, 6.07) is 4.87. The minimum Gasteiger partial charge on any atom is -0.418 e. The van der Waals surface area contributed by atoms with E-state index in [0.717, 1.165) is 26.2 Å². The number of amides is 1. The highest BCUT2D eigenvalue weighted by Crippen LogP contribution is 2.55. The van der Waals surface area contributed by atoms with E-state index < -0.39 is 79.0 Å². The first-order valence-electron chi connectivity index (χ1n) is 11.8. The smallest absolute Gasteiger partial charge is 0.418 e. The van der Waals surface area contributed by atoms with Gasteiger partial charge in [-0.05, 0) is 50.5 Å². The Balaban J connectivity index is 1.77. The van der Waals surface area contributed by atoms with Gasteiger partial charge in [0.15, 0.2) is 15.5 Å². The third-order valence-corrected chi connectivity index (χ3v) is 7.97. The van der Waals surface area contributed by atoms with Crippen molar-refractivity contribution in [3.8, 4) is 11.8 Å². The molecule has 8 nitrogen and oxygen atoms in total. The summed E-state index contributed by atoms with van der Waals surface area (Å²) in [6.07, 6.45) is -8.71. The fourth-order valence-corrected chi connectivity index (χ4v) is 5.11. The van der Waals surface area contributed by atoms with E-state index in [4.69, 9.17) is 4.74 Å². The highest BCUT2D eigenvalue weighted by molar-refractivity contribution is 7.90. The van der Waals surface area contributed by atoms with Crippen LogP contribution in [0.25, 0.3) is 0 Å². The number of aromatic nitrogens is 3. The second-order valence-electron chi connectivity index (χ2n) is 9.56. The summed E-state index contributed by atoms with van der Waals surface area (Å²) in [5.41, 5.74) is -6.79. The van der Waals surface area contributed by atoms with Gasteiger partial charge in [-0.15, -0.1) is 10.2 Å². The van der Waals surface area contributed by atoms with Crippen molar-refractivity contribution in [2.45, 2.75) is 55.8 Å². The van der Waals surface area contributed by atoms with Crippen LogP contribution >= 0.6 is 0 Å². The molecular weight excluding hydrogens is 585 g/mol. The molecule has 0 radical (unpaired) electrons. The number of hydrogen-bond donors (Lipinski definition) is 1. The Bertz CT molecular complexity index is 1640. The number of carbonyl (C=O) groups is 1. The summed E-state index contributed by atoms with van der Waals surface area (Å²) in [5.74, 6) is -3.98. The first kappa shape index (κ1) is 30.1. The number of pyridine rings is 1. The van der Waals surface area contributed by atoms with E-state index in [0.29, 0.717) is 6.20 Å². The Morgan fingerprint density at radius 1 is 1.02 bits per heavy atom. The third-order valence-electron chi connectivity index (χ3n) is 6.86. The SMILES string of the molecule is Cc1c(Oc2nnc(C(F)(F)F)c(C)c2C(=O)Nc2cccc(S(C)(=O)=O)c2)ncc(C2(C(F)(F)F)CCC2)c1F. The first-order chi connectivity index (χ1) is 18.9. The summed E-state index contributed by atoms with van der Waals surface area (Å²) in [7, 11) is -3.70. The van der Waals surface area contributed by atoms with Gasteiger partial charge >= 0.3 is 12.4 Å². The van der Waals surface area contributed by atoms with Gasteiger partial charge in [0.1, 0.15) is 11.4 Å². The van der Waals surface area contributed by atoms with Crippen molar-refractivity contribution in [3.63, 3.8) is 0 Å². The molecule has 2 heterocycles. The molecular formula is C25H21F7N4O4S. The fourth-order valence-electron chi connectivity index (χ4n) is 4.44. The second-order valence-corrected chi connectivity index (χ2v) is 11.6. The quantitative estimate of drug-likeness (QED) is 0.339. The van der Waals surface area contributed by atoms with Gasteiger partial charge in [-0.25, -0.2) is 17.8 Å². The molecule has 1 aromatic carbocycles. The lowest BCUT2D eigenvalue weighted by molar-refractivity contribution is -0.213. The molecule has 1 N–H and O–H groups in total. The van der Waals surface area contributed by atoms with Crippen molar-refractivity contribution in [1.82, 2.24) is 15.2 Å². The summed E-state index contributed by atoms with van der Waals surface area (Å²) in [4.78, 5) is 16.8. The van der Waals surface area contributed by atoms with Crippen LogP contribution in [0.2, 0.25) is 0 Å². The van der Waals surface area contributed by atoms with Gasteiger partial charge in [0.25, 0.3) is 11.8 Å². The first-order valence-corrected chi connectivity index (χ1v) is 13.7. The van der Waals surface area contributed by atoms with Crippen molar-refractivity contribution >= 4 is 21.4 Å². The van der Waals surface area contributed by atoms with Crippen molar-refractivity contribution in [2.75, 3.05) is 11.6 Å². The Kier molecular flexibility index (Phi) is 7.52. The lowest BCUT2D eigenvalue weighted by Gasteiger charge is -2.43. The molecule has 3 aromatic rings. The Morgan fingerprint density at radius 2 is 1.68 bits per heavy atom. The normalized spacial score (nSPS) is 15.3. The van der Waals surface area contributed by atoms with Crippen LogP contribution in [-0.4, -0.2) is 41.9 Å². The van der Waals surface area contributed by atoms with Crippen LogP contribution in [-0.2, 0) is 21.4 Å². The van der Waals surface area contributed by atoms with E-state index in [-0.39, 0.29) is 29.8 Å². The molecule has 1 fully saturated rings. The molecule has 0 spiro atoms. The maximum Gasteiger partial charge on any atom is 0.435 e. The minimum atomic E-state index is -5.04.